The van der Waals surface area contributed by atoms with E-state index in [0.29, 0.717) is 25.1 Å². The standard InChI is InChI=1S/C13H23NO3/c1-3-17-13(16)6-9(2)14-10-4-5-11(14)8-12(15)7-10/h9-12,15H,3-8H2,1-2H3/t9-,10-,11-/m0/s1. The van der Waals surface area contributed by atoms with E-state index in [1.54, 1.807) is 0 Å². The van der Waals surface area contributed by atoms with Crippen LogP contribution in [0.5, 0.6) is 0 Å². The lowest BCUT2D eigenvalue weighted by atomic mass is 9.97. The minimum Gasteiger partial charge on any atom is -0.466 e. The molecule has 0 aromatic rings. The van der Waals surface area contributed by atoms with Crippen LogP contribution in [0, 0.1) is 0 Å². The van der Waals surface area contributed by atoms with Crippen LogP contribution >= 0.6 is 0 Å². The molecule has 0 amide bonds. The van der Waals surface area contributed by atoms with Crippen molar-refractivity contribution in [2.24, 2.45) is 0 Å². The second-order valence-electron chi connectivity index (χ2n) is 5.32. The monoisotopic (exact) mass is 241 g/mol. The van der Waals surface area contributed by atoms with E-state index < -0.39 is 0 Å². The fourth-order valence-electron chi connectivity index (χ4n) is 3.47. The number of hydrogen-bond acceptors (Lipinski definition) is 4. The molecule has 0 radical (unpaired) electrons. The lowest BCUT2D eigenvalue weighted by molar-refractivity contribution is -0.145. The molecule has 2 rings (SSSR count). The fourth-order valence-corrected chi connectivity index (χ4v) is 3.47. The number of carbonyl (C=O) groups excluding carboxylic acids is 1. The molecule has 0 aromatic carbocycles. The number of rotatable bonds is 4. The predicted molar refractivity (Wildman–Crippen MR) is 64.6 cm³/mol. The summed E-state index contributed by atoms with van der Waals surface area (Å²) in [7, 11) is 0. The molecule has 4 nitrogen and oxygen atoms in total. The number of ether oxygens (including phenoxy) is 1. The molecule has 0 saturated carbocycles. The zero-order valence-electron chi connectivity index (χ0n) is 10.8. The van der Waals surface area contributed by atoms with Crippen LogP contribution in [0.25, 0.3) is 0 Å². The number of nitrogens with zero attached hydrogens (tertiary/aromatic N) is 1. The Morgan fingerprint density at radius 1 is 1.41 bits per heavy atom. The van der Waals surface area contributed by atoms with Gasteiger partial charge < -0.3 is 9.84 Å². The smallest absolute Gasteiger partial charge is 0.307 e. The fraction of sp³-hybridized carbons (Fsp3) is 0.923. The van der Waals surface area contributed by atoms with Gasteiger partial charge in [-0.3, -0.25) is 9.69 Å². The van der Waals surface area contributed by atoms with Gasteiger partial charge in [0.2, 0.25) is 0 Å². The predicted octanol–water partition coefficient (Wildman–Crippen LogP) is 1.32. The Morgan fingerprint density at radius 3 is 2.53 bits per heavy atom. The van der Waals surface area contributed by atoms with Crippen molar-refractivity contribution in [3.63, 3.8) is 0 Å². The molecule has 0 aromatic heterocycles. The van der Waals surface area contributed by atoms with Gasteiger partial charge in [0.05, 0.1) is 19.1 Å². The van der Waals surface area contributed by atoms with Crippen LogP contribution in [-0.4, -0.2) is 46.8 Å². The van der Waals surface area contributed by atoms with Crippen LogP contribution in [0.1, 0.15) is 46.0 Å². The molecule has 0 unspecified atom stereocenters. The summed E-state index contributed by atoms with van der Waals surface area (Å²) in [6, 6.07) is 1.17. The highest BCUT2D eigenvalue weighted by Gasteiger charge is 2.42. The molecule has 1 N–H and O–H groups in total. The first kappa shape index (κ1) is 12.8. The van der Waals surface area contributed by atoms with Crippen molar-refractivity contribution < 1.29 is 14.6 Å². The molecule has 0 spiro atoms. The highest BCUT2D eigenvalue weighted by atomic mass is 16.5. The molecular weight excluding hydrogens is 218 g/mol. The van der Waals surface area contributed by atoms with Crippen LogP contribution in [0.3, 0.4) is 0 Å². The van der Waals surface area contributed by atoms with E-state index in [2.05, 4.69) is 11.8 Å². The Balaban J connectivity index is 1.91. The summed E-state index contributed by atoms with van der Waals surface area (Å²) in [6.45, 7) is 4.39. The minimum absolute atomic E-state index is 0.106. The van der Waals surface area contributed by atoms with Gasteiger partial charge in [0.15, 0.2) is 0 Å². The average molecular weight is 241 g/mol. The number of hydrogen-bond donors (Lipinski definition) is 1. The number of aliphatic hydroxyl groups excluding tert-OH is 1. The Labute approximate surface area is 103 Å². The SMILES string of the molecule is CCOC(=O)C[C@H](C)N1[C@H]2CC[C@H]1CC(O)C2. The Hall–Kier alpha value is -0.610. The lowest BCUT2D eigenvalue weighted by Gasteiger charge is -2.40. The summed E-state index contributed by atoms with van der Waals surface area (Å²) >= 11 is 0. The van der Waals surface area contributed by atoms with Crippen LogP contribution in [0.2, 0.25) is 0 Å². The van der Waals surface area contributed by atoms with Crippen molar-refractivity contribution in [3.05, 3.63) is 0 Å². The largest absolute Gasteiger partial charge is 0.466 e. The van der Waals surface area contributed by atoms with Gasteiger partial charge >= 0.3 is 5.97 Å². The lowest BCUT2D eigenvalue weighted by Crippen LogP contribution is -2.49. The van der Waals surface area contributed by atoms with E-state index in [1.807, 2.05) is 6.92 Å². The molecule has 4 heteroatoms. The highest BCUT2D eigenvalue weighted by Crippen LogP contribution is 2.37. The van der Waals surface area contributed by atoms with Crippen molar-refractivity contribution in [1.82, 2.24) is 4.90 Å². The van der Waals surface area contributed by atoms with Gasteiger partial charge in [-0.2, -0.15) is 0 Å². The van der Waals surface area contributed by atoms with Gasteiger partial charge in [0, 0.05) is 18.1 Å². The summed E-state index contributed by atoms with van der Waals surface area (Å²) in [6.07, 6.45) is 4.38. The maximum absolute atomic E-state index is 11.5. The molecule has 2 aliphatic rings. The number of aliphatic hydroxyl groups is 1. The van der Waals surface area contributed by atoms with Gasteiger partial charge in [-0.1, -0.05) is 0 Å². The summed E-state index contributed by atoms with van der Waals surface area (Å²) in [5, 5.41) is 9.74. The van der Waals surface area contributed by atoms with Crippen LogP contribution in [-0.2, 0) is 9.53 Å². The highest BCUT2D eigenvalue weighted by molar-refractivity contribution is 5.70. The van der Waals surface area contributed by atoms with Crippen LogP contribution in [0.15, 0.2) is 0 Å². The van der Waals surface area contributed by atoms with E-state index in [9.17, 15) is 9.90 Å². The number of carbonyl (C=O) groups is 1. The van der Waals surface area contributed by atoms with Crippen LogP contribution < -0.4 is 0 Å². The van der Waals surface area contributed by atoms with Crippen molar-refractivity contribution in [3.8, 4) is 0 Å². The second kappa shape index (κ2) is 5.36. The first-order valence-corrected chi connectivity index (χ1v) is 6.73. The van der Waals surface area contributed by atoms with Gasteiger partial charge in [-0.15, -0.1) is 0 Å². The molecule has 98 valence electrons. The molecule has 2 heterocycles. The summed E-state index contributed by atoms with van der Waals surface area (Å²) < 4.78 is 5.00. The number of fused-ring (bicyclic) bond motifs is 2. The first-order chi connectivity index (χ1) is 8.11. The first-order valence-electron chi connectivity index (χ1n) is 6.73. The maximum Gasteiger partial charge on any atom is 0.307 e. The normalized spacial score (nSPS) is 34.6. The second-order valence-corrected chi connectivity index (χ2v) is 5.32. The van der Waals surface area contributed by atoms with E-state index >= 15 is 0 Å². The third-order valence-electron chi connectivity index (χ3n) is 4.04. The molecule has 17 heavy (non-hydrogen) atoms. The summed E-state index contributed by atoms with van der Waals surface area (Å²) in [5.41, 5.74) is 0. The van der Waals surface area contributed by atoms with Crippen molar-refractivity contribution in [1.29, 1.82) is 0 Å². The van der Waals surface area contributed by atoms with Gasteiger partial charge in [-0.25, -0.2) is 0 Å². The molecule has 2 bridgehead atoms. The van der Waals surface area contributed by atoms with Crippen molar-refractivity contribution in [2.75, 3.05) is 6.61 Å². The summed E-state index contributed by atoms with van der Waals surface area (Å²) in [4.78, 5) is 13.9. The van der Waals surface area contributed by atoms with Gasteiger partial charge in [0.1, 0.15) is 0 Å². The van der Waals surface area contributed by atoms with Crippen LogP contribution in [0.4, 0.5) is 0 Å². The topological polar surface area (TPSA) is 49.8 Å². The van der Waals surface area contributed by atoms with E-state index in [1.165, 1.54) is 0 Å². The molecular formula is C13H23NO3. The molecule has 0 aliphatic carbocycles. The summed E-state index contributed by atoms with van der Waals surface area (Å²) in [5.74, 6) is -0.106. The minimum atomic E-state index is -0.140. The third kappa shape index (κ3) is 2.80. The van der Waals surface area contributed by atoms with Gasteiger partial charge in [0.25, 0.3) is 0 Å². The van der Waals surface area contributed by atoms with E-state index in [0.717, 1.165) is 25.7 Å². The quantitative estimate of drug-likeness (QED) is 0.754. The number of piperidine rings is 1. The van der Waals surface area contributed by atoms with E-state index in [4.69, 9.17) is 4.74 Å². The van der Waals surface area contributed by atoms with Crippen molar-refractivity contribution >= 4 is 5.97 Å². The zero-order chi connectivity index (χ0) is 12.4. The Kier molecular flexibility index (Phi) is 4.05. The van der Waals surface area contributed by atoms with Crippen molar-refractivity contribution in [2.45, 2.75) is 70.2 Å². The third-order valence-corrected chi connectivity index (χ3v) is 4.04. The molecule has 2 aliphatic heterocycles. The molecule has 2 fully saturated rings. The Bertz CT molecular complexity index is 268. The van der Waals surface area contributed by atoms with E-state index in [-0.39, 0.29) is 18.1 Å². The molecule has 3 atom stereocenters. The molecule has 2 saturated heterocycles. The Morgan fingerprint density at radius 2 is 2.00 bits per heavy atom. The maximum atomic E-state index is 11.5. The number of esters is 1. The average Bonchev–Trinajstić information content (AvgIpc) is 2.51. The zero-order valence-corrected chi connectivity index (χ0v) is 10.8. The van der Waals surface area contributed by atoms with Gasteiger partial charge in [-0.05, 0) is 39.5 Å².